The number of carbonyl (C=O) groups is 1. The third-order valence-electron chi connectivity index (χ3n) is 3.06. The van der Waals surface area contributed by atoms with Gasteiger partial charge < -0.3 is 25.2 Å². The molecule has 0 spiro atoms. The van der Waals surface area contributed by atoms with Gasteiger partial charge in [0.15, 0.2) is 23.0 Å². The Morgan fingerprint density at radius 1 is 0.952 bits per heavy atom. The van der Waals surface area contributed by atoms with Gasteiger partial charge in [0.2, 0.25) is 5.78 Å². The lowest BCUT2D eigenvalue weighted by molar-refractivity contribution is 0.101. The number of ketones is 1. The fourth-order valence-corrected chi connectivity index (χ4v) is 2.08. The van der Waals surface area contributed by atoms with Crippen LogP contribution < -0.4 is 4.74 Å². The van der Waals surface area contributed by atoms with Gasteiger partial charge in [-0.3, -0.25) is 4.79 Å². The van der Waals surface area contributed by atoms with Crippen molar-refractivity contribution in [1.82, 2.24) is 0 Å². The Morgan fingerprint density at radius 2 is 1.62 bits per heavy atom. The molecule has 4 N–H and O–H groups in total. The maximum atomic E-state index is 12.1. The molecule has 0 atom stereocenters. The van der Waals surface area contributed by atoms with E-state index in [4.69, 9.17) is 4.74 Å². The molecule has 1 aliphatic heterocycles. The number of carbonyl (C=O) groups excluding carboxylic acids is 1. The van der Waals surface area contributed by atoms with Gasteiger partial charge in [-0.05, 0) is 35.9 Å². The minimum atomic E-state index is -0.642. The Bertz CT molecular complexity index is 768. The largest absolute Gasteiger partial charge is 0.507 e. The van der Waals surface area contributed by atoms with Crippen LogP contribution in [0.4, 0.5) is 0 Å². The van der Waals surface area contributed by atoms with Gasteiger partial charge in [-0.1, -0.05) is 6.07 Å². The molecule has 6 nitrogen and oxygen atoms in total. The van der Waals surface area contributed by atoms with Crippen LogP contribution in [-0.4, -0.2) is 26.2 Å². The Morgan fingerprint density at radius 3 is 2.24 bits per heavy atom. The number of ether oxygens (including phenoxy) is 1. The van der Waals surface area contributed by atoms with Crippen molar-refractivity contribution in [2.45, 2.75) is 0 Å². The normalized spacial score (nSPS) is 15.0. The van der Waals surface area contributed by atoms with E-state index in [0.29, 0.717) is 0 Å². The molecular weight excluding hydrogens is 276 g/mol. The number of hydrogen-bond acceptors (Lipinski definition) is 6. The second kappa shape index (κ2) is 4.45. The smallest absolute Gasteiger partial charge is 0.235 e. The zero-order chi connectivity index (χ0) is 15.1. The molecule has 21 heavy (non-hydrogen) atoms. The summed E-state index contributed by atoms with van der Waals surface area (Å²) in [6.45, 7) is 0. The summed E-state index contributed by atoms with van der Waals surface area (Å²) in [5.41, 5.74) is 0.328. The second-order valence-corrected chi connectivity index (χ2v) is 4.50. The molecular formula is C15H10O6. The summed E-state index contributed by atoms with van der Waals surface area (Å²) in [4.78, 5) is 12.1. The summed E-state index contributed by atoms with van der Waals surface area (Å²) in [7, 11) is 0. The van der Waals surface area contributed by atoms with Crippen molar-refractivity contribution >= 4 is 11.9 Å². The number of phenols is 4. The van der Waals surface area contributed by atoms with Crippen molar-refractivity contribution in [2.75, 3.05) is 0 Å². The van der Waals surface area contributed by atoms with E-state index in [-0.39, 0.29) is 28.4 Å². The molecule has 0 radical (unpaired) electrons. The molecule has 2 aromatic carbocycles. The van der Waals surface area contributed by atoms with Gasteiger partial charge >= 0.3 is 0 Å². The average Bonchev–Trinajstić information content (AvgIpc) is 2.74. The molecule has 0 bridgehead atoms. The van der Waals surface area contributed by atoms with Crippen molar-refractivity contribution < 1.29 is 30.0 Å². The summed E-state index contributed by atoms with van der Waals surface area (Å²) in [5, 5.41) is 37.8. The SMILES string of the molecule is O=C1/C(=C/c2cc(O)c(O)c(O)c2)Oc2cccc(O)c21. The molecule has 0 saturated carbocycles. The van der Waals surface area contributed by atoms with Gasteiger partial charge in [0, 0.05) is 0 Å². The maximum absolute atomic E-state index is 12.1. The fraction of sp³-hybridized carbons (Fsp3) is 0. The Balaban J connectivity index is 2.04. The van der Waals surface area contributed by atoms with Gasteiger partial charge in [0.1, 0.15) is 17.1 Å². The highest BCUT2D eigenvalue weighted by molar-refractivity contribution is 6.16. The zero-order valence-corrected chi connectivity index (χ0v) is 10.6. The van der Waals surface area contributed by atoms with Gasteiger partial charge in [0.05, 0.1) is 0 Å². The van der Waals surface area contributed by atoms with Crippen LogP contribution in [0.5, 0.6) is 28.7 Å². The van der Waals surface area contributed by atoms with Crippen molar-refractivity contribution in [3.8, 4) is 28.7 Å². The van der Waals surface area contributed by atoms with E-state index in [9.17, 15) is 25.2 Å². The van der Waals surface area contributed by atoms with Crippen LogP contribution in [0.25, 0.3) is 6.08 Å². The van der Waals surface area contributed by atoms with E-state index in [1.54, 1.807) is 12.1 Å². The molecule has 1 heterocycles. The minimum absolute atomic E-state index is 0.0593. The number of Topliss-reactive ketones (excluding diaryl/α,β-unsaturated/α-hetero) is 1. The average molecular weight is 286 g/mol. The van der Waals surface area contributed by atoms with Crippen LogP contribution in [0.3, 0.4) is 0 Å². The van der Waals surface area contributed by atoms with E-state index < -0.39 is 23.0 Å². The lowest BCUT2D eigenvalue weighted by Crippen LogP contribution is -1.98. The minimum Gasteiger partial charge on any atom is -0.507 e. The molecule has 3 rings (SSSR count). The summed E-state index contributed by atoms with van der Waals surface area (Å²) in [6, 6.07) is 6.80. The van der Waals surface area contributed by atoms with Crippen molar-refractivity contribution in [1.29, 1.82) is 0 Å². The molecule has 0 amide bonds. The van der Waals surface area contributed by atoms with E-state index in [1.165, 1.54) is 24.3 Å². The van der Waals surface area contributed by atoms with Crippen molar-refractivity contribution in [3.63, 3.8) is 0 Å². The van der Waals surface area contributed by atoms with Crippen LogP contribution in [0.15, 0.2) is 36.1 Å². The monoisotopic (exact) mass is 286 g/mol. The first-order valence-electron chi connectivity index (χ1n) is 5.98. The third kappa shape index (κ3) is 2.02. The number of phenolic OH excluding ortho intramolecular Hbond substituents is 4. The van der Waals surface area contributed by atoms with E-state index in [0.717, 1.165) is 0 Å². The Labute approximate surface area is 118 Å². The molecule has 1 aliphatic rings. The van der Waals surface area contributed by atoms with Crippen molar-refractivity contribution in [3.05, 3.63) is 47.2 Å². The second-order valence-electron chi connectivity index (χ2n) is 4.50. The molecule has 6 heteroatoms. The summed E-state index contributed by atoms with van der Waals surface area (Å²) in [6.07, 6.45) is 1.29. The van der Waals surface area contributed by atoms with Gasteiger partial charge in [-0.2, -0.15) is 0 Å². The molecule has 2 aromatic rings. The number of rotatable bonds is 1. The lowest BCUT2D eigenvalue weighted by atomic mass is 10.1. The van der Waals surface area contributed by atoms with Gasteiger partial charge in [0.25, 0.3) is 0 Å². The molecule has 0 fully saturated rings. The number of allylic oxidation sites excluding steroid dienone is 1. The summed E-state index contributed by atoms with van der Waals surface area (Å²) in [5.74, 6) is -2.20. The van der Waals surface area contributed by atoms with Crippen LogP contribution in [0, 0.1) is 0 Å². The Kier molecular flexibility index (Phi) is 2.72. The summed E-state index contributed by atoms with van der Waals surface area (Å²) < 4.78 is 5.34. The molecule has 0 saturated heterocycles. The van der Waals surface area contributed by atoms with Gasteiger partial charge in [-0.25, -0.2) is 0 Å². The van der Waals surface area contributed by atoms with Crippen LogP contribution in [0.1, 0.15) is 15.9 Å². The van der Waals surface area contributed by atoms with Gasteiger partial charge in [-0.15, -0.1) is 0 Å². The molecule has 0 unspecified atom stereocenters. The zero-order valence-electron chi connectivity index (χ0n) is 10.6. The summed E-state index contributed by atoms with van der Waals surface area (Å²) >= 11 is 0. The topological polar surface area (TPSA) is 107 Å². The number of aromatic hydroxyl groups is 4. The highest BCUT2D eigenvalue weighted by Crippen LogP contribution is 2.39. The number of hydrogen-bond donors (Lipinski definition) is 4. The standard InChI is InChI=1S/C15H10O6/c16-8-2-1-3-11-13(8)15(20)12(21-11)6-7-4-9(17)14(19)10(18)5-7/h1-6,16-19H/b12-6-. The first-order valence-corrected chi connectivity index (χ1v) is 5.98. The first-order chi connectivity index (χ1) is 9.97. The van der Waals surface area contributed by atoms with Crippen LogP contribution in [0.2, 0.25) is 0 Å². The molecule has 0 aliphatic carbocycles. The lowest BCUT2D eigenvalue weighted by Gasteiger charge is -2.03. The molecule has 0 aromatic heterocycles. The van der Waals surface area contributed by atoms with Crippen LogP contribution in [-0.2, 0) is 0 Å². The number of fused-ring (bicyclic) bond motifs is 1. The van der Waals surface area contributed by atoms with E-state index in [1.807, 2.05) is 0 Å². The van der Waals surface area contributed by atoms with E-state index in [2.05, 4.69) is 0 Å². The van der Waals surface area contributed by atoms with Crippen molar-refractivity contribution in [2.24, 2.45) is 0 Å². The quantitative estimate of drug-likeness (QED) is 0.472. The van der Waals surface area contributed by atoms with Crippen LogP contribution >= 0.6 is 0 Å². The maximum Gasteiger partial charge on any atom is 0.235 e. The highest BCUT2D eigenvalue weighted by Gasteiger charge is 2.30. The number of benzene rings is 2. The highest BCUT2D eigenvalue weighted by atomic mass is 16.5. The predicted octanol–water partition coefficient (Wildman–Crippen LogP) is 2.13. The molecule has 106 valence electrons. The fourth-order valence-electron chi connectivity index (χ4n) is 2.08. The van der Waals surface area contributed by atoms with E-state index >= 15 is 0 Å². The first kappa shape index (κ1) is 12.9. The Hall–Kier alpha value is -3.15. The third-order valence-corrected chi connectivity index (χ3v) is 3.06. The predicted molar refractivity (Wildman–Crippen MR) is 72.5 cm³/mol.